The molecule has 0 unspecified atom stereocenters. The number of unbranched alkanes of at least 4 members (excludes halogenated alkanes) is 11. The molecule has 3 N–H and O–H groups in total. The summed E-state index contributed by atoms with van der Waals surface area (Å²) in [4.78, 5) is 33.1. The first-order chi connectivity index (χ1) is 11.8. The summed E-state index contributed by atoms with van der Waals surface area (Å²) in [6.45, 7) is 5.09. The third-order valence-electron chi connectivity index (χ3n) is 3.75. The molecule has 0 fully saturated rings. The summed E-state index contributed by atoms with van der Waals surface area (Å²) in [7, 11) is -4.64. The van der Waals surface area contributed by atoms with E-state index in [0.29, 0.717) is 13.0 Å². The second kappa shape index (κ2) is 23.6. The maximum Gasteiger partial charge on any atom is 1.00 e. The van der Waals surface area contributed by atoms with Crippen molar-refractivity contribution in [3.63, 3.8) is 0 Å². The number of ether oxygens (including phenoxy) is 1. The number of rotatable bonds is 15. The van der Waals surface area contributed by atoms with Crippen molar-refractivity contribution in [3.8, 4) is 0 Å². The molecular weight excluding hydrogens is 366 g/mol. The van der Waals surface area contributed by atoms with Crippen molar-refractivity contribution in [3.05, 3.63) is 0 Å². The van der Waals surface area contributed by atoms with Crippen LogP contribution in [0.25, 0.3) is 0 Å². The van der Waals surface area contributed by atoms with Gasteiger partial charge in [0.25, 0.3) is 0 Å². The zero-order valence-electron chi connectivity index (χ0n) is 18.1. The van der Waals surface area contributed by atoms with Gasteiger partial charge in [-0.05, 0) is 12.8 Å². The fourth-order valence-corrected chi connectivity index (χ4v) is 2.37. The van der Waals surface area contributed by atoms with Gasteiger partial charge < -0.3 is 20.8 Å². The van der Waals surface area contributed by atoms with Crippen LogP contribution in [0.2, 0.25) is 0 Å². The molecular formula is C18H40NaO6P. The molecule has 154 valence electrons. The van der Waals surface area contributed by atoms with Gasteiger partial charge in [0.05, 0.1) is 6.61 Å². The summed E-state index contributed by atoms with van der Waals surface area (Å²) in [5.41, 5.74) is 0. The molecule has 0 amide bonds. The molecule has 0 saturated heterocycles. The summed E-state index contributed by atoms with van der Waals surface area (Å²) < 4.78 is 14.1. The van der Waals surface area contributed by atoms with E-state index in [-0.39, 0.29) is 37.0 Å². The van der Waals surface area contributed by atoms with Gasteiger partial charge in [-0.1, -0.05) is 84.5 Å². The predicted octanol–water partition coefficient (Wildman–Crippen LogP) is 2.22. The number of hydrogen-bond acceptors (Lipinski definition) is 3. The van der Waals surface area contributed by atoms with Gasteiger partial charge in [0.2, 0.25) is 0 Å². The van der Waals surface area contributed by atoms with Crippen molar-refractivity contribution < 1.29 is 59.8 Å². The van der Waals surface area contributed by atoms with E-state index < -0.39 is 7.82 Å². The molecule has 0 atom stereocenters. The van der Waals surface area contributed by atoms with Crippen LogP contribution in [0, 0.1) is 0 Å². The second-order valence-electron chi connectivity index (χ2n) is 6.37. The van der Waals surface area contributed by atoms with Crippen LogP contribution in [-0.2, 0) is 14.1 Å². The van der Waals surface area contributed by atoms with Crippen molar-refractivity contribution in [1.82, 2.24) is 0 Å². The van der Waals surface area contributed by atoms with Crippen LogP contribution < -0.4 is 29.6 Å². The Morgan fingerprint density at radius 1 is 0.769 bits per heavy atom. The zero-order valence-corrected chi connectivity index (χ0v) is 20.0. The molecule has 0 aliphatic heterocycles. The van der Waals surface area contributed by atoms with E-state index in [9.17, 15) is 4.79 Å². The number of esters is 1. The number of carbonyl (C=O) groups is 1. The van der Waals surface area contributed by atoms with Crippen molar-refractivity contribution in [1.29, 1.82) is 0 Å². The molecule has 0 aromatic rings. The SMILES string of the molecule is CCCCCCCCCC(=O)OCCCCCCCC.O=P(O)(O)O.[H-].[Na+]. The van der Waals surface area contributed by atoms with E-state index in [1.807, 2.05) is 0 Å². The van der Waals surface area contributed by atoms with E-state index in [1.165, 1.54) is 70.6 Å². The Labute approximate surface area is 183 Å². The maximum atomic E-state index is 11.5. The summed E-state index contributed by atoms with van der Waals surface area (Å²) in [5, 5.41) is 0. The minimum Gasteiger partial charge on any atom is -1.00 e. The molecule has 0 spiro atoms. The Morgan fingerprint density at radius 2 is 1.12 bits per heavy atom. The fraction of sp³-hybridized carbons (Fsp3) is 0.944. The molecule has 0 aliphatic rings. The molecule has 6 nitrogen and oxygen atoms in total. The molecule has 8 heteroatoms. The molecule has 0 aliphatic carbocycles. The van der Waals surface area contributed by atoms with Crippen LogP contribution in [0.3, 0.4) is 0 Å². The topological polar surface area (TPSA) is 104 Å². The quantitative estimate of drug-likeness (QED) is 0.167. The first-order valence-corrected chi connectivity index (χ1v) is 11.3. The van der Waals surface area contributed by atoms with Crippen molar-refractivity contribution in [2.24, 2.45) is 0 Å². The van der Waals surface area contributed by atoms with Gasteiger partial charge in [0, 0.05) is 6.42 Å². The maximum absolute atomic E-state index is 11.5. The van der Waals surface area contributed by atoms with Gasteiger partial charge in [-0.3, -0.25) is 4.79 Å². The minimum absolute atomic E-state index is 0. The second-order valence-corrected chi connectivity index (χ2v) is 7.40. The van der Waals surface area contributed by atoms with E-state index in [1.54, 1.807) is 0 Å². The van der Waals surface area contributed by atoms with Crippen molar-refractivity contribution >= 4 is 13.8 Å². The van der Waals surface area contributed by atoms with Crippen molar-refractivity contribution in [2.45, 2.75) is 104 Å². The average Bonchev–Trinajstić information content (AvgIpc) is 2.51. The van der Waals surface area contributed by atoms with Gasteiger partial charge in [-0.25, -0.2) is 4.57 Å². The summed E-state index contributed by atoms with van der Waals surface area (Å²) in [5.74, 6) is 0.00659. The molecule has 0 radical (unpaired) electrons. The molecule has 0 aromatic carbocycles. The van der Waals surface area contributed by atoms with E-state index in [0.717, 1.165) is 12.8 Å². The standard InChI is InChI=1S/C18H36O2.Na.H3O4P.H/c1-3-5-7-9-11-12-14-16-18(19)20-17-15-13-10-8-6-4-2;;1-5(2,3)4;/h3-17H2,1-2H3;;(H3,1,2,3,4);/q;+1;;-1. The van der Waals surface area contributed by atoms with Crippen LogP contribution in [-0.4, -0.2) is 27.3 Å². The number of carbonyl (C=O) groups excluding carboxylic acids is 1. The summed E-state index contributed by atoms with van der Waals surface area (Å²) >= 11 is 0. The number of hydrogen-bond donors (Lipinski definition) is 3. The minimum atomic E-state index is -4.64. The molecule has 0 rings (SSSR count). The third kappa shape index (κ3) is 39.6. The Hall–Kier alpha value is 0.580. The van der Waals surface area contributed by atoms with E-state index in [2.05, 4.69) is 13.8 Å². The summed E-state index contributed by atoms with van der Waals surface area (Å²) in [6, 6.07) is 0. The van der Waals surface area contributed by atoms with Crippen molar-refractivity contribution in [2.75, 3.05) is 6.61 Å². The predicted molar refractivity (Wildman–Crippen MR) is 102 cm³/mol. The van der Waals surface area contributed by atoms with Gasteiger partial charge >= 0.3 is 43.3 Å². The Morgan fingerprint density at radius 3 is 1.54 bits per heavy atom. The first kappa shape index (κ1) is 31.3. The Bertz CT molecular complexity index is 314. The van der Waals surface area contributed by atoms with Gasteiger partial charge in [0.15, 0.2) is 0 Å². The normalized spacial score (nSPS) is 10.5. The van der Waals surface area contributed by atoms with Crippen LogP contribution >= 0.6 is 7.82 Å². The molecule has 0 saturated carbocycles. The monoisotopic (exact) mass is 406 g/mol. The fourth-order valence-electron chi connectivity index (χ4n) is 2.37. The van der Waals surface area contributed by atoms with E-state index in [4.69, 9.17) is 24.0 Å². The first-order valence-electron chi connectivity index (χ1n) is 9.75. The average molecular weight is 406 g/mol. The van der Waals surface area contributed by atoms with Crippen LogP contribution in [0.5, 0.6) is 0 Å². The zero-order chi connectivity index (χ0) is 19.4. The van der Waals surface area contributed by atoms with Gasteiger partial charge in [-0.15, -0.1) is 0 Å². The molecule has 26 heavy (non-hydrogen) atoms. The smallest absolute Gasteiger partial charge is 1.00 e. The Balaban J connectivity index is -0.000000333. The molecule has 0 aromatic heterocycles. The largest absolute Gasteiger partial charge is 1.00 e. The number of phosphoric acid groups is 1. The van der Waals surface area contributed by atoms with Crippen LogP contribution in [0.15, 0.2) is 0 Å². The van der Waals surface area contributed by atoms with Gasteiger partial charge in [0.1, 0.15) is 0 Å². The van der Waals surface area contributed by atoms with Gasteiger partial charge in [-0.2, -0.15) is 0 Å². The van der Waals surface area contributed by atoms with E-state index >= 15 is 0 Å². The third-order valence-corrected chi connectivity index (χ3v) is 3.75. The Kier molecular flexibility index (Phi) is 28.4. The molecule has 0 heterocycles. The van der Waals surface area contributed by atoms with Crippen LogP contribution in [0.4, 0.5) is 0 Å². The van der Waals surface area contributed by atoms with Crippen LogP contribution in [0.1, 0.15) is 105 Å². The summed E-state index contributed by atoms with van der Waals surface area (Å²) in [6.07, 6.45) is 16.8. The molecule has 0 bridgehead atoms.